The molecule has 1 aromatic carbocycles. The molecule has 0 radical (unpaired) electrons. The van der Waals surface area contributed by atoms with E-state index >= 15 is 0 Å². The highest BCUT2D eigenvalue weighted by molar-refractivity contribution is 5.97. The second-order valence-electron chi connectivity index (χ2n) is 8.14. The van der Waals surface area contributed by atoms with E-state index in [0.717, 1.165) is 32.1 Å². The summed E-state index contributed by atoms with van der Waals surface area (Å²) in [5, 5.41) is 28.0. The highest BCUT2D eigenvalue weighted by Crippen LogP contribution is 2.26. The predicted octanol–water partition coefficient (Wildman–Crippen LogP) is 7.69. The van der Waals surface area contributed by atoms with Gasteiger partial charge in [-0.1, -0.05) is 74.4 Å². The zero-order valence-corrected chi connectivity index (χ0v) is 20.9. The minimum Gasteiger partial charge on any atom is -0.504 e. The van der Waals surface area contributed by atoms with Crippen LogP contribution in [0.25, 0.3) is 6.08 Å². The topological polar surface area (TPSA) is 90.6 Å². The molecule has 0 bridgehead atoms. The molecule has 1 rings (SSSR count). The highest BCUT2D eigenvalue weighted by Gasteiger charge is 2.11. The molecule has 0 heterocycles. The van der Waals surface area contributed by atoms with Crippen molar-refractivity contribution in [3.05, 3.63) is 77.9 Å². The standard InChI is InChI=1S/C30H39NO4/c1-2-3-4-5-6-7-8-9-10-11-12-13-14-15-16-17-18-19-22-35-30(34)27(25-31)23-26-20-21-28(32)29(33)24-26/h6-7,9-10,12-13,15-16,20-21,23-24,32-33H,2-5,8,11,14,17-19,22H2,1H3/b7-6-,10-9-,13-12-,16-15-,27-23?. The summed E-state index contributed by atoms with van der Waals surface area (Å²) in [5.41, 5.74) is 0.268. The second kappa shape index (κ2) is 19.9. The van der Waals surface area contributed by atoms with Gasteiger partial charge in [0.15, 0.2) is 11.5 Å². The Morgan fingerprint density at radius 3 is 1.97 bits per heavy atom. The number of phenolic OH excluding ortho intramolecular Hbond substituents is 2. The van der Waals surface area contributed by atoms with Gasteiger partial charge >= 0.3 is 5.97 Å². The van der Waals surface area contributed by atoms with Crippen molar-refractivity contribution in [2.45, 2.75) is 71.1 Å². The monoisotopic (exact) mass is 477 g/mol. The number of hydrogen-bond acceptors (Lipinski definition) is 5. The number of hydrogen-bond donors (Lipinski definition) is 2. The molecule has 35 heavy (non-hydrogen) atoms. The summed E-state index contributed by atoms with van der Waals surface area (Å²) in [5.74, 6) is -1.28. The summed E-state index contributed by atoms with van der Waals surface area (Å²) >= 11 is 0. The molecule has 0 unspecified atom stereocenters. The third kappa shape index (κ3) is 15.1. The summed E-state index contributed by atoms with van der Waals surface area (Å²) in [4.78, 5) is 12.1. The summed E-state index contributed by atoms with van der Waals surface area (Å²) in [6.07, 6.45) is 29.3. The second-order valence-corrected chi connectivity index (χ2v) is 8.14. The van der Waals surface area contributed by atoms with Crippen LogP contribution >= 0.6 is 0 Å². The van der Waals surface area contributed by atoms with Crippen LogP contribution in [0.15, 0.2) is 72.4 Å². The van der Waals surface area contributed by atoms with Crippen LogP contribution in [-0.2, 0) is 9.53 Å². The van der Waals surface area contributed by atoms with E-state index in [2.05, 4.69) is 55.5 Å². The van der Waals surface area contributed by atoms with Crippen LogP contribution in [0.4, 0.5) is 0 Å². The smallest absolute Gasteiger partial charge is 0.348 e. The van der Waals surface area contributed by atoms with Crippen molar-refractivity contribution in [3.63, 3.8) is 0 Å². The van der Waals surface area contributed by atoms with Gasteiger partial charge in [0.25, 0.3) is 0 Å². The maximum atomic E-state index is 12.1. The number of benzene rings is 1. The Kier molecular flexibility index (Phi) is 16.8. The fraction of sp³-hybridized carbons (Fsp3) is 0.400. The number of allylic oxidation sites excluding steroid dienone is 8. The summed E-state index contributed by atoms with van der Waals surface area (Å²) < 4.78 is 5.16. The van der Waals surface area contributed by atoms with Gasteiger partial charge < -0.3 is 14.9 Å². The average molecular weight is 478 g/mol. The van der Waals surface area contributed by atoms with Gasteiger partial charge in [-0.2, -0.15) is 5.26 Å². The predicted molar refractivity (Wildman–Crippen MR) is 143 cm³/mol. The molecule has 0 aliphatic rings. The van der Waals surface area contributed by atoms with E-state index in [1.165, 1.54) is 50.0 Å². The first-order valence-electron chi connectivity index (χ1n) is 12.5. The largest absolute Gasteiger partial charge is 0.504 e. The molecule has 0 saturated carbocycles. The first-order chi connectivity index (χ1) is 17.1. The van der Waals surface area contributed by atoms with E-state index < -0.39 is 5.97 Å². The summed E-state index contributed by atoms with van der Waals surface area (Å²) in [6, 6.07) is 5.87. The van der Waals surface area contributed by atoms with E-state index in [0.29, 0.717) is 12.0 Å². The first-order valence-corrected chi connectivity index (χ1v) is 12.5. The molecule has 0 fully saturated rings. The zero-order valence-electron chi connectivity index (χ0n) is 20.9. The molecule has 0 aromatic heterocycles. The van der Waals surface area contributed by atoms with Crippen LogP contribution in [0.2, 0.25) is 0 Å². The normalized spacial score (nSPS) is 12.3. The quantitative estimate of drug-likeness (QED) is 0.0599. The molecule has 1 aromatic rings. The van der Waals surface area contributed by atoms with Gasteiger partial charge in [0.1, 0.15) is 11.6 Å². The Balaban J connectivity index is 2.12. The van der Waals surface area contributed by atoms with Gasteiger partial charge in [0.05, 0.1) is 6.61 Å². The fourth-order valence-electron chi connectivity index (χ4n) is 3.10. The number of carbonyl (C=O) groups is 1. The van der Waals surface area contributed by atoms with Crippen LogP contribution in [0.1, 0.15) is 76.7 Å². The number of ether oxygens (including phenoxy) is 1. The minimum absolute atomic E-state index is 0.157. The fourth-order valence-corrected chi connectivity index (χ4v) is 3.10. The molecule has 0 aliphatic heterocycles. The maximum absolute atomic E-state index is 12.1. The van der Waals surface area contributed by atoms with Gasteiger partial charge in [-0.05, 0) is 75.1 Å². The summed E-state index contributed by atoms with van der Waals surface area (Å²) in [6.45, 7) is 2.47. The molecular formula is C30H39NO4. The highest BCUT2D eigenvalue weighted by atomic mass is 16.5. The molecule has 188 valence electrons. The number of esters is 1. The Bertz CT molecular complexity index is 932. The number of rotatable bonds is 17. The van der Waals surface area contributed by atoms with Crippen molar-refractivity contribution in [2.24, 2.45) is 0 Å². The molecule has 5 heteroatoms. The zero-order chi connectivity index (χ0) is 25.6. The van der Waals surface area contributed by atoms with Crippen LogP contribution in [0, 0.1) is 11.3 Å². The van der Waals surface area contributed by atoms with Gasteiger partial charge in [-0.15, -0.1) is 0 Å². The Hall–Kier alpha value is -3.52. The third-order valence-corrected chi connectivity index (χ3v) is 5.11. The van der Waals surface area contributed by atoms with Gasteiger partial charge in [-0.25, -0.2) is 4.79 Å². The summed E-state index contributed by atoms with van der Waals surface area (Å²) in [7, 11) is 0. The molecule has 0 aliphatic carbocycles. The lowest BCUT2D eigenvalue weighted by atomic mass is 10.1. The Morgan fingerprint density at radius 2 is 1.43 bits per heavy atom. The molecule has 2 N–H and O–H groups in total. The number of unbranched alkanes of at least 4 members (excludes halogenated alkanes) is 5. The van der Waals surface area contributed by atoms with Crippen LogP contribution in [0.5, 0.6) is 11.5 Å². The molecule has 5 nitrogen and oxygen atoms in total. The van der Waals surface area contributed by atoms with Crippen molar-refractivity contribution >= 4 is 12.0 Å². The third-order valence-electron chi connectivity index (χ3n) is 5.11. The number of nitrogens with zero attached hydrogens (tertiary/aromatic N) is 1. The number of nitriles is 1. The van der Waals surface area contributed by atoms with Crippen molar-refractivity contribution in [1.29, 1.82) is 5.26 Å². The minimum atomic E-state index is -0.696. The SMILES string of the molecule is CCCCC/C=C\C/C=C\C/C=C\C/C=C\CCCCOC(=O)C(C#N)=Cc1ccc(O)c(O)c1. The lowest BCUT2D eigenvalue weighted by molar-refractivity contribution is -0.138. The van der Waals surface area contributed by atoms with Crippen LogP contribution < -0.4 is 0 Å². The Morgan fingerprint density at radius 1 is 0.857 bits per heavy atom. The number of phenols is 2. The maximum Gasteiger partial charge on any atom is 0.348 e. The van der Waals surface area contributed by atoms with E-state index in [-0.39, 0.29) is 23.7 Å². The molecular weight excluding hydrogens is 438 g/mol. The van der Waals surface area contributed by atoms with Crippen molar-refractivity contribution in [2.75, 3.05) is 6.61 Å². The van der Waals surface area contributed by atoms with Gasteiger partial charge in [-0.3, -0.25) is 0 Å². The van der Waals surface area contributed by atoms with Crippen molar-refractivity contribution < 1.29 is 19.7 Å². The van der Waals surface area contributed by atoms with Crippen LogP contribution in [0.3, 0.4) is 0 Å². The van der Waals surface area contributed by atoms with Crippen LogP contribution in [-0.4, -0.2) is 22.8 Å². The molecule has 0 amide bonds. The van der Waals surface area contributed by atoms with Crippen molar-refractivity contribution in [1.82, 2.24) is 0 Å². The van der Waals surface area contributed by atoms with Gasteiger partial charge in [0.2, 0.25) is 0 Å². The van der Waals surface area contributed by atoms with E-state index in [1.54, 1.807) is 0 Å². The lowest BCUT2D eigenvalue weighted by Gasteiger charge is -2.04. The average Bonchev–Trinajstić information content (AvgIpc) is 2.85. The number of carbonyl (C=O) groups excluding carboxylic acids is 1. The number of aromatic hydroxyl groups is 2. The Labute approximate surface area is 210 Å². The lowest BCUT2D eigenvalue weighted by Crippen LogP contribution is -2.07. The van der Waals surface area contributed by atoms with E-state index in [4.69, 9.17) is 4.74 Å². The first kappa shape index (κ1) is 29.5. The molecule has 0 spiro atoms. The molecule has 0 saturated heterocycles. The molecule has 0 atom stereocenters. The van der Waals surface area contributed by atoms with Crippen molar-refractivity contribution in [3.8, 4) is 17.6 Å². The van der Waals surface area contributed by atoms with Gasteiger partial charge in [0, 0.05) is 0 Å². The van der Waals surface area contributed by atoms with E-state index in [9.17, 15) is 20.3 Å². The van der Waals surface area contributed by atoms with E-state index in [1.807, 2.05) is 6.07 Å².